The largest absolute Gasteiger partial charge is 0.497 e. The van der Waals surface area contributed by atoms with Crippen LogP contribution in [0.2, 0.25) is 0 Å². The molecule has 33 heavy (non-hydrogen) atoms. The van der Waals surface area contributed by atoms with Crippen molar-refractivity contribution in [1.82, 2.24) is 5.43 Å². The third kappa shape index (κ3) is 5.89. The Morgan fingerprint density at radius 1 is 1.00 bits per heavy atom. The number of nitrogens with zero attached hydrogens (tertiary/aromatic N) is 2. The highest BCUT2D eigenvalue weighted by Crippen LogP contribution is 2.35. The van der Waals surface area contributed by atoms with Crippen molar-refractivity contribution in [3.63, 3.8) is 0 Å². The monoisotopic (exact) mass is 467 g/mol. The summed E-state index contributed by atoms with van der Waals surface area (Å²) in [6.45, 7) is 1.46. The van der Waals surface area contributed by atoms with E-state index in [1.165, 1.54) is 38.6 Å². The summed E-state index contributed by atoms with van der Waals surface area (Å²) in [4.78, 5) is 12.7. The van der Waals surface area contributed by atoms with E-state index in [9.17, 15) is 13.2 Å². The Bertz CT molecular complexity index is 1230. The second-order valence-electron chi connectivity index (χ2n) is 7.07. The van der Waals surface area contributed by atoms with Gasteiger partial charge in [-0.1, -0.05) is 48.0 Å². The zero-order valence-electron chi connectivity index (χ0n) is 18.6. The van der Waals surface area contributed by atoms with Gasteiger partial charge in [-0.2, -0.15) is 5.10 Å². The molecule has 0 bridgehead atoms. The molecule has 0 unspecified atom stereocenters. The van der Waals surface area contributed by atoms with Crippen LogP contribution in [0.5, 0.6) is 11.5 Å². The number of anilines is 1. The number of rotatable bonds is 9. The number of carbonyl (C=O) groups is 1. The predicted octanol–water partition coefficient (Wildman–Crippen LogP) is 3.36. The molecule has 8 nitrogen and oxygen atoms in total. The highest BCUT2D eigenvalue weighted by atomic mass is 32.2. The van der Waals surface area contributed by atoms with Gasteiger partial charge in [-0.05, 0) is 36.8 Å². The van der Waals surface area contributed by atoms with Crippen molar-refractivity contribution in [2.75, 3.05) is 25.1 Å². The van der Waals surface area contributed by atoms with Crippen molar-refractivity contribution < 1.29 is 22.7 Å². The van der Waals surface area contributed by atoms with E-state index in [2.05, 4.69) is 10.5 Å². The molecule has 0 fully saturated rings. The maximum absolute atomic E-state index is 13.4. The van der Waals surface area contributed by atoms with Gasteiger partial charge in [-0.3, -0.25) is 9.10 Å². The van der Waals surface area contributed by atoms with Gasteiger partial charge in [0.05, 0.1) is 31.0 Å². The van der Waals surface area contributed by atoms with Crippen molar-refractivity contribution in [3.05, 3.63) is 83.9 Å². The van der Waals surface area contributed by atoms with Crippen molar-refractivity contribution in [1.29, 1.82) is 0 Å². The average molecular weight is 468 g/mol. The van der Waals surface area contributed by atoms with Gasteiger partial charge in [0.2, 0.25) is 0 Å². The number of benzene rings is 3. The highest BCUT2D eigenvalue weighted by Gasteiger charge is 2.29. The molecule has 0 aliphatic carbocycles. The smallest absolute Gasteiger partial charge is 0.264 e. The van der Waals surface area contributed by atoms with E-state index >= 15 is 0 Å². The maximum Gasteiger partial charge on any atom is 0.264 e. The van der Waals surface area contributed by atoms with E-state index < -0.39 is 22.5 Å². The van der Waals surface area contributed by atoms with Gasteiger partial charge in [0, 0.05) is 6.07 Å². The van der Waals surface area contributed by atoms with Crippen LogP contribution in [0.15, 0.2) is 82.8 Å². The van der Waals surface area contributed by atoms with E-state index in [1.807, 2.05) is 31.2 Å². The standard InChI is InChI=1S/C24H25N3O5S/c1-18-9-11-19(12-10-18)16-25-26-24(28)17-27(33(29,30)21-7-5-4-6-8-21)22-14-13-20(31-2)15-23(22)32-3/h4-16H,17H2,1-3H3,(H,26,28)/b25-16-. The Hall–Kier alpha value is -3.85. The molecule has 9 heteroatoms. The number of hydrogen-bond donors (Lipinski definition) is 1. The summed E-state index contributed by atoms with van der Waals surface area (Å²) in [6, 6.07) is 20.1. The minimum atomic E-state index is -4.08. The number of sulfonamides is 1. The van der Waals surface area contributed by atoms with Gasteiger partial charge in [-0.25, -0.2) is 13.8 Å². The number of methoxy groups -OCH3 is 2. The molecule has 172 valence electrons. The van der Waals surface area contributed by atoms with Crippen LogP contribution in [0.1, 0.15) is 11.1 Å². The second kappa shape index (κ2) is 10.6. The van der Waals surface area contributed by atoms with Crippen molar-refractivity contribution in [2.24, 2.45) is 5.10 Å². The van der Waals surface area contributed by atoms with Crippen LogP contribution < -0.4 is 19.2 Å². The lowest BCUT2D eigenvalue weighted by molar-refractivity contribution is -0.119. The first-order valence-corrected chi connectivity index (χ1v) is 11.5. The Morgan fingerprint density at radius 3 is 2.33 bits per heavy atom. The molecule has 0 atom stereocenters. The van der Waals surface area contributed by atoms with Crippen LogP contribution in [0.3, 0.4) is 0 Å². The summed E-state index contributed by atoms with van der Waals surface area (Å²) in [5.41, 5.74) is 4.48. The highest BCUT2D eigenvalue weighted by molar-refractivity contribution is 7.92. The number of hydrazone groups is 1. The van der Waals surface area contributed by atoms with Crippen molar-refractivity contribution in [3.8, 4) is 11.5 Å². The molecular formula is C24H25N3O5S. The summed E-state index contributed by atoms with van der Waals surface area (Å²) >= 11 is 0. The van der Waals surface area contributed by atoms with E-state index in [-0.39, 0.29) is 16.3 Å². The van der Waals surface area contributed by atoms with Crippen LogP contribution >= 0.6 is 0 Å². The summed E-state index contributed by atoms with van der Waals surface area (Å²) in [6.07, 6.45) is 1.49. The molecule has 0 aromatic heterocycles. The third-order valence-electron chi connectivity index (χ3n) is 4.75. The first-order chi connectivity index (χ1) is 15.8. The van der Waals surface area contributed by atoms with Gasteiger partial charge in [0.15, 0.2) is 0 Å². The first kappa shape index (κ1) is 23.8. The lowest BCUT2D eigenvalue weighted by atomic mass is 10.2. The molecule has 3 aromatic rings. The summed E-state index contributed by atoms with van der Waals surface area (Å²) in [7, 11) is -1.18. The molecule has 3 rings (SSSR count). The minimum Gasteiger partial charge on any atom is -0.497 e. The van der Waals surface area contributed by atoms with Gasteiger partial charge < -0.3 is 9.47 Å². The number of amides is 1. The Morgan fingerprint density at radius 2 is 1.70 bits per heavy atom. The number of ether oxygens (including phenoxy) is 2. The topological polar surface area (TPSA) is 97.3 Å². The number of nitrogens with one attached hydrogen (secondary N) is 1. The fourth-order valence-electron chi connectivity index (χ4n) is 3.01. The lowest BCUT2D eigenvalue weighted by Crippen LogP contribution is -2.39. The lowest BCUT2D eigenvalue weighted by Gasteiger charge is -2.25. The minimum absolute atomic E-state index is 0.0406. The van der Waals surface area contributed by atoms with Crippen LogP contribution in [0.4, 0.5) is 5.69 Å². The molecule has 0 heterocycles. The normalized spacial score (nSPS) is 11.2. The summed E-state index contributed by atoms with van der Waals surface area (Å²) in [5.74, 6) is 0.111. The Balaban J connectivity index is 1.91. The third-order valence-corrected chi connectivity index (χ3v) is 6.53. The van der Waals surface area contributed by atoms with Crippen LogP contribution in [0, 0.1) is 6.92 Å². The fourth-order valence-corrected chi connectivity index (χ4v) is 4.46. The second-order valence-corrected chi connectivity index (χ2v) is 8.93. The molecule has 0 aliphatic rings. The van der Waals surface area contributed by atoms with Crippen LogP contribution in [0.25, 0.3) is 0 Å². The summed E-state index contributed by atoms with van der Waals surface area (Å²) in [5, 5.41) is 3.95. The van der Waals surface area contributed by atoms with E-state index in [1.54, 1.807) is 30.3 Å². The van der Waals surface area contributed by atoms with Crippen LogP contribution in [-0.4, -0.2) is 41.3 Å². The molecule has 0 saturated carbocycles. The quantitative estimate of drug-likeness (QED) is 0.384. The summed E-state index contributed by atoms with van der Waals surface area (Å²) < 4.78 is 38.4. The predicted molar refractivity (Wildman–Crippen MR) is 127 cm³/mol. The Labute approximate surface area is 193 Å². The van der Waals surface area contributed by atoms with E-state index in [0.29, 0.717) is 5.75 Å². The maximum atomic E-state index is 13.4. The molecular weight excluding hydrogens is 442 g/mol. The number of hydrogen-bond acceptors (Lipinski definition) is 6. The molecule has 0 saturated heterocycles. The Kier molecular flexibility index (Phi) is 7.68. The van der Waals surface area contributed by atoms with Crippen molar-refractivity contribution in [2.45, 2.75) is 11.8 Å². The zero-order chi connectivity index (χ0) is 23.8. The van der Waals surface area contributed by atoms with E-state index in [0.717, 1.165) is 15.4 Å². The molecule has 1 N–H and O–H groups in total. The van der Waals surface area contributed by atoms with Gasteiger partial charge in [0.1, 0.15) is 18.0 Å². The average Bonchev–Trinajstić information content (AvgIpc) is 2.84. The van der Waals surface area contributed by atoms with Gasteiger partial charge in [-0.15, -0.1) is 0 Å². The number of carbonyl (C=O) groups excluding carboxylic acids is 1. The zero-order valence-corrected chi connectivity index (χ0v) is 19.4. The molecule has 3 aromatic carbocycles. The fraction of sp³-hybridized carbons (Fsp3) is 0.167. The van der Waals surface area contributed by atoms with E-state index in [4.69, 9.17) is 9.47 Å². The van der Waals surface area contributed by atoms with Crippen molar-refractivity contribution >= 4 is 27.8 Å². The van der Waals surface area contributed by atoms with Gasteiger partial charge >= 0.3 is 0 Å². The van der Waals surface area contributed by atoms with Crippen LogP contribution in [-0.2, 0) is 14.8 Å². The SMILES string of the molecule is COc1ccc(N(CC(=O)N/N=C\c2ccc(C)cc2)S(=O)(=O)c2ccccc2)c(OC)c1. The molecule has 0 radical (unpaired) electrons. The van der Waals surface area contributed by atoms with Gasteiger partial charge in [0.25, 0.3) is 15.9 Å². The molecule has 0 spiro atoms. The molecule has 0 aliphatic heterocycles. The molecule has 1 amide bonds. The number of aryl methyl sites for hydroxylation is 1. The first-order valence-electron chi connectivity index (χ1n) is 10.0.